The van der Waals surface area contributed by atoms with E-state index in [4.69, 9.17) is 4.98 Å². The van der Waals surface area contributed by atoms with Crippen LogP contribution in [0.3, 0.4) is 0 Å². The molecule has 5 saturated carbocycles. The summed E-state index contributed by atoms with van der Waals surface area (Å²) in [7, 11) is 0. The van der Waals surface area contributed by atoms with Gasteiger partial charge in [-0.2, -0.15) is 0 Å². The van der Waals surface area contributed by atoms with E-state index < -0.39 is 0 Å². The lowest BCUT2D eigenvalue weighted by atomic mass is 9.56. The highest BCUT2D eigenvalue weighted by Crippen LogP contribution is 2.76. The summed E-state index contributed by atoms with van der Waals surface area (Å²) >= 11 is 0. The van der Waals surface area contributed by atoms with Gasteiger partial charge in [-0.1, -0.05) is 36.4 Å². The quantitative estimate of drug-likeness (QED) is 0.192. The van der Waals surface area contributed by atoms with Gasteiger partial charge in [0.25, 0.3) is 0 Å². The highest BCUT2D eigenvalue weighted by molar-refractivity contribution is 6.26. The van der Waals surface area contributed by atoms with Gasteiger partial charge in [-0.25, -0.2) is 0 Å². The molecule has 7 atom stereocenters. The van der Waals surface area contributed by atoms with Crippen LogP contribution in [0.25, 0.3) is 49.2 Å². The zero-order chi connectivity index (χ0) is 28.1. The molecule has 3 aromatic carbocycles. The largest absolute Gasteiger partial charge is 0.306 e. The number of hydrogen-bond acceptors (Lipinski definition) is 1. The van der Waals surface area contributed by atoms with Gasteiger partial charge < -0.3 is 4.40 Å². The van der Waals surface area contributed by atoms with Crippen molar-refractivity contribution in [2.75, 3.05) is 0 Å². The predicted octanol–water partition coefficient (Wildman–Crippen LogP) is 10.7. The number of pyridine rings is 1. The summed E-state index contributed by atoms with van der Waals surface area (Å²) in [5, 5.41) is 6.18. The van der Waals surface area contributed by atoms with Crippen LogP contribution in [-0.4, -0.2) is 9.38 Å². The first-order chi connectivity index (χ1) is 21.7. The van der Waals surface area contributed by atoms with E-state index in [1.54, 1.807) is 27.5 Å². The Labute approximate surface area is 258 Å². The van der Waals surface area contributed by atoms with Gasteiger partial charge in [-0.15, -0.1) is 0 Å². The van der Waals surface area contributed by atoms with Crippen molar-refractivity contribution in [1.82, 2.24) is 9.38 Å². The molecule has 7 bridgehead atoms. The van der Waals surface area contributed by atoms with E-state index in [1.807, 2.05) is 0 Å². The van der Waals surface area contributed by atoms with Crippen LogP contribution >= 0.6 is 0 Å². The lowest BCUT2D eigenvalue weighted by molar-refractivity contribution is 0.00322. The molecule has 0 radical (unpaired) electrons. The van der Waals surface area contributed by atoms with Crippen molar-refractivity contribution in [2.45, 2.75) is 87.9 Å². The number of benzene rings is 3. The molecule has 2 heteroatoms. The van der Waals surface area contributed by atoms with E-state index in [-0.39, 0.29) is 0 Å². The minimum Gasteiger partial charge on any atom is -0.306 e. The van der Waals surface area contributed by atoms with E-state index in [9.17, 15) is 0 Å². The monoisotopic (exact) mass is 570 g/mol. The highest BCUT2D eigenvalue weighted by atomic mass is 14.9. The van der Waals surface area contributed by atoms with Crippen LogP contribution in [-0.2, 0) is 0 Å². The van der Waals surface area contributed by atoms with Crippen LogP contribution < -0.4 is 0 Å². The van der Waals surface area contributed by atoms with E-state index in [0.717, 1.165) is 35.5 Å². The van der Waals surface area contributed by atoms with Crippen LogP contribution in [0.2, 0.25) is 0 Å². The minimum absolute atomic E-state index is 0.670. The molecule has 0 aliphatic heterocycles. The van der Waals surface area contributed by atoms with Crippen molar-refractivity contribution in [3.63, 3.8) is 0 Å². The summed E-state index contributed by atoms with van der Waals surface area (Å²) in [6.45, 7) is 0. The minimum atomic E-state index is 0.670. The molecule has 8 aliphatic rings. The zero-order valence-electron chi connectivity index (χ0n) is 25.4. The maximum atomic E-state index is 5.45. The molecule has 7 unspecified atom stereocenters. The molecular formula is C42H38N2. The first-order valence-corrected chi connectivity index (χ1v) is 18.0. The fraction of sp³-hybridized carbons (Fsp3) is 0.452. The second kappa shape index (κ2) is 7.35. The molecule has 8 aliphatic carbocycles. The molecule has 3 aromatic heterocycles. The molecule has 216 valence electrons. The van der Waals surface area contributed by atoms with Crippen LogP contribution in [0.5, 0.6) is 0 Å². The van der Waals surface area contributed by atoms with Crippen molar-refractivity contribution in [3.05, 3.63) is 83.2 Å². The summed E-state index contributed by atoms with van der Waals surface area (Å²) in [6, 6.07) is 21.6. The third-order valence-electron chi connectivity index (χ3n) is 15.2. The molecule has 0 amide bonds. The van der Waals surface area contributed by atoms with Gasteiger partial charge in [0.05, 0.1) is 22.7 Å². The van der Waals surface area contributed by atoms with E-state index >= 15 is 0 Å². The van der Waals surface area contributed by atoms with Crippen LogP contribution in [0.4, 0.5) is 0 Å². The van der Waals surface area contributed by atoms with E-state index in [0.29, 0.717) is 17.3 Å². The highest BCUT2D eigenvalue weighted by Gasteiger charge is 2.65. The van der Waals surface area contributed by atoms with Crippen molar-refractivity contribution in [1.29, 1.82) is 0 Å². The summed E-state index contributed by atoms with van der Waals surface area (Å²) in [5.74, 6) is 6.70. The maximum Gasteiger partial charge on any atom is 0.0728 e. The number of aromatic nitrogens is 2. The predicted molar refractivity (Wildman–Crippen MR) is 178 cm³/mol. The summed E-state index contributed by atoms with van der Waals surface area (Å²) in [5.41, 5.74) is 14.4. The van der Waals surface area contributed by atoms with Gasteiger partial charge >= 0.3 is 0 Å². The zero-order valence-corrected chi connectivity index (χ0v) is 25.4. The summed E-state index contributed by atoms with van der Waals surface area (Å²) in [4.78, 5) is 5.45. The molecule has 6 aromatic rings. The molecule has 5 fully saturated rings. The second-order valence-electron chi connectivity index (χ2n) is 16.8. The summed E-state index contributed by atoms with van der Waals surface area (Å²) in [6.07, 6.45) is 16.6. The Balaban J connectivity index is 1.19. The normalized spacial score (nSPS) is 37.2. The van der Waals surface area contributed by atoms with Gasteiger partial charge in [0.15, 0.2) is 0 Å². The Morgan fingerprint density at radius 1 is 0.614 bits per heavy atom. The lowest BCUT2D eigenvalue weighted by Crippen LogP contribution is -2.41. The van der Waals surface area contributed by atoms with Gasteiger partial charge in [-0.3, -0.25) is 4.98 Å². The molecule has 0 saturated heterocycles. The average molecular weight is 571 g/mol. The first kappa shape index (κ1) is 23.0. The third-order valence-corrected chi connectivity index (χ3v) is 15.2. The summed E-state index contributed by atoms with van der Waals surface area (Å²) < 4.78 is 2.70. The van der Waals surface area contributed by atoms with Crippen molar-refractivity contribution in [2.24, 2.45) is 29.1 Å². The van der Waals surface area contributed by atoms with Gasteiger partial charge in [-0.05, 0) is 157 Å². The number of hydrogen-bond donors (Lipinski definition) is 0. The molecule has 14 rings (SSSR count). The number of nitrogens with zero attached hydrogens (tertiary/aromatic N) is 2. The molecule has 3 heterocycles. The lowest BCUT2D eigenvalue weighted by Gasteiger charge is -2.48. The molecule has 0 N–H and O–H groups in total. The smallest absolute Gasteiger partial charge is 0.0728 e. The second-order valence-corrected chi connectivity index (χ2v) is 16.8. The molecule has 1 spiro atoms. The standard InChI is InChI=1S/C42H38N2/c1-2-4-23(5-3-1)24-15-32-38-34(7-6-31-27-13-29-17-30-14-28(36(31)38)19-42(29,30)18-27)44-35-20-43-40-26-11-21-8-22(12-26)10-25(9-21)37(40)39(35)33(16-24)41(32)44/h1-7,15-16,20-22,25-30H,8-14,17-19H2. The van der Waals surface area contributed by atoms with Crippen molar-refractivity contribution >= 4 is 38.1 Å². The van der Waals surface area contributed by atoms with E-state index in [2.05, 4.69) is 65.2 Å². The Bertz CT molecular complexity index is 2240. The van der Waals surface area contributed by atoms with E-state index in [1.165, 1.54) is 108 Å². The fourth-order valence-electron chi connectivity index (χ4n) is 14.0. The van der Waals surface area contributed by atoms with Crippen LogP contribution in [0.1, 0.15) is 110 Å². The van der Waals surface area contributed by atoms with Crippen molar-refractivity contribution in [3.8, 4) is 11.1 Å². The molecule has 44 heavy (non-hydrogen) atoms. The number of fused-ring (bicyclic) bond motifs is 12. The maximum absolute atomic E-state index is 5.45. The Morgan fingerprint density at radius 2 is 1.34 bits per heavy atom. The van der Waals surface area contributed by atoms with Gasteiger partial charge in [0, 0.05) is 33.2 Å². The molecule has 2 nitrogen and oxygen atoms in total. The van der Waals surface area contributed by atoms with Gasteiger partial charge in [0.1, 0.15) is 0 Å². The average Bonchev–Trinajstić information content (AvgIpc) is 3.68. The first-order valence-electron chi connectivity index (χ1n) is 18.0. The van der Waals surface area contributed by atoms with Gasteiger partial charge in [0.2, 0.25) is 0 Å². The Kier molecular flexibility index (Phi) is 3.85. The topological polar surface area (TPSA) is 17.3 Å². The van der Waals surface area contributed by atoms with Crippen LogP contribution in [0, 0.1) is 29.1 Å². The SMILES string of the molecule is c1ccc(-c2cc3c4c5c(ccc4n4c6cnc7c(c6c(c2)c34)C2CC3CC(CC7C3)C2)C2CC3CC4CC5CC34C2)cc1. The fourth-order valence-corrected chi connectivity index (χ4v) is 14.0. The Morgan fingerprint density at radius 3 is 2.16 bits per heavy atom. The number of rotatable bonds is 1. The Hall–Kier alpha value is -3.39. The van der Waals surface area contributed by atoms with Crippen LogP contribution in [0.15, 0.2) is 60.8 Å². The molecular weight excluding hydrogens is 532 g/mol. The third kappa shape index (κ3) is 2.47. The van der Waals surface area contributed by atoms with Crippen molar-refractivity contribution < 1.29 is 0 Å².